The zero-order valence-corrected chi connectivity index (χ0v) is 18.9. The van der Waals surface area contributed by atoms with Crippen molar-refractivity contribution in [1.29, 1.82) is 0 Å². The predicted octanol–water partition coefficient (Wildman–Crippen LogP) is 2.80. The summed E-state index contributed by atoms with van der Waals surface area (Å²) in [6, 6.07) is 14.0. The lowest BCUT2D eigenvalue weighted by atomic mass is 9.77. The second-order valence-corrected chi connectivity index (χ2v) is 8.91. The van der Waals surface area contributed by atoms with E-state index in [4.69, 9.17) is 4.74 Å². The molecule has 4 atom stereocenters. The van der Waals surface area contributed by atoms with Crippen LogP contribution < -0.4 is 0 Å². The van der Waals surface area contributed by atoms with Crippen LogP contribution in [0.1, 0.15) is 19.4 Å². The topological polar surface area (TPSA) is 127 Å². The molecule has 1 saturated heterocycles. The van der Waals surface area contributed by atoms with Crippen LogP contribution in [0.25, 0.3) is 0 Å². The quantitative estimate of drug-likeness (QED) is 0.194. The van der Waals surface area contributed by atoms with Gasteiger partial charge in [-0.15, -0.1) is 0 Å². The molecule has 2 aromatic carbocycles. The average molecular weight is 473 g/mol. The first-order valence-corrected chi connectivity index (χ1v) is 11.1. The maximum absolute atomic E-state index is 12.8. The smallest absolute Gasteiger partial charge is 0.325 e. The lowest BCUT2D eigenvalue weighted by Gasteiger charge is -2.50. The van der Waals surface area contributed by atoms with Crippen molar-refractivity contribution in [1.82, 2.24) is 4.90 Å². The molecule has 1 amide bonds. The number of benzene rings is 2. The van der Waals surface area contributed by atoms with Crippen LogP contribution in [0.3, 0.4) is 0 Å². The van der Waals surface area contributed by atoms with Gasteiger partial charge in [-0.05, 0) is 36.8 Å². The first kappa shape index (κ1) is 24.4. The summed E-state index contributed by atoms with van der Waals surface area (Å²) in [5.74, 6) is -2.48. The minimum absolute atomic E-state index is 0.0738. The maximum Gasteiger partial charge on any atom is 0.325 e. The number of nitro benzene ring substituents is 1. The van der Waals surface area contributed by atoms with E-state index in [1.54, 1.807) is 19.1 Å². The molecule has 1 aliphatic heterocycles. The first-order valence-electron chi connectivity index (χ1n) is 10.3. The molecule has 174 valence electrons. The highest BCUT2D eigenvalue weighted by molar-refractivity contribution is 8.13. The molecule has 0 bridgehead atoms. The molecule has 0 spiro atoms. The van der Waals surface area contributed by atoms with E-state index < -0.39 is 40.8 Å². The summed E-state index contributed by atoms with van der Waals surface area (Å²) in [6.07, 6.45) is -0.966. The Morgan fingerprint density at radius 2 is 1.79 bits per heavy atom. The van der Waals surface area contributed by atoms with Crippen molar-refractivity contribution in [3.05, 3.63) is 70.3 Å². The lowest BCUT2D eigenvalue weighted by Crippen LogP contribution is -2.68. The molecule has 0 unspecified atom stereocenters. The Hall–Kier alpha value is -3.24. The number of thioether (sulfide) groups is 1. The van der Waals surface area contributed by atoms with Crippen molar-refractivity contribution in [3.63, 3.8) is 0 Å². The fourth-order valence-electron chi connectivity index (χ4n) is 3.75. The van der Waals surface area contributed by atoms with E-state index in [0.29, 0.717) is 5.56 Å². The largest absolute Gasteiger partial charge is 0.459 e. The fraction of sp³-hybridized carbons (Fsp3) is 0.348. The molecule has 1 aliphatic rings. The number of β-lactam (4-membered cyclic amide) rings is 1. The summed E-state index contributed by atoms with van der Waals surface area (Å²) < 4.78 is 5.21. The second-order valence-electron chi connectivity index (χ2n) is 7.83. The monoisotopic (exact) mass is 472 g/mol. The summed E-state index contributed by atoms with van der Waals surface area (Å²) in [7, 11) is 0. The Labute approximate surface area is 194 Å². The molecule has 0 aliphatic carbocycles. The summed E-state index contributed by atoms with van der Waals surface area (Å²) in [5.41, 5.74) is 0.486. The normalized spacial score (nSPS) is 19.4. The van der Waals surface area contributed by atoms with Crippen LogP contribution in [-0.4, -0.2) is 50.6 Å². The van der Waals surface area contributed by atoms with Gasteiger partial charge in [0.2, 0.25) is 5.91 Å². The van der Waals surface area contributed by atoms with Gasteiger partial charge in [0.1, 0.15) is 13.2 Å². The molecule has 1 N–H and O–H groups in total. The van der Waals surface area contributed by atoms with Gasteiger partial charge in [0.05, 0.1) is 23.0 Å². The predicted molar refractivity (Wildman–Crippen MR) is 120 cm³/mol. The highest BCUT2D eigenvalue weighted by atomic mass is 32.2. The fourth-order valence-corrected chi connectivity index (χ4v) is 4.60. The zero-order valence-electron chi connectivity index (χ0n) is 18.1. The van der Waals surface area contributed by atoms with Gasteiger partial charge in [0, 0.05) is 22.9 Å². The molecule has 33 heavy (non-hydrogen) atoms. The molecule has 9 nitrogen and oxygen atoms in total. The molecule has 0 aromatic heterocycles. The van der Waals surface area contributed by atoms with E-state index in [2.05, 4.69) is 0 Å². The number of aliphatic hydroxyl groups is 1. The number of rotatable bonds is 9. The number of carbonyl (C=O) groups excluding carboxylic acids is 3. The lowest BCUT2D eigenvalue weighted by molar-refractivity contribution is -0.384. The van der Waals surface area contributed by atoms with Crippen LogP contribution >= 0.6 is 11.8 Å². The molecule has 0 saturated carbocycles. The van der Waals surface area contributed by atoms with Gasteiger partial charge in [-0.1, -0.05) is 36.9 Å². The zero-order chi connectivity index (χ0) is 24.1. The standard InChI is InChI=1S/C23H24N2O7S/c1-14(23(29)33-18-6-4-3-5-7-18)21-20(15(2)26)22(28)24(21)12-19(27)32-13-16-8-10-17(11-9-16)25(30)31/h3-11,14-15,20-21,26H,12-13H2,1-2H3/t14-,15+,20+,21+/m0/s1. The molecule has 10 heteroatoms. The summed E-state index contributed by atoms with van der Waals surface area (Å²) in [5, 5.41) is 20.6. The Balaban J connectivity index is 1.62. The van der Waals surface area contributed by atoms with Crippen LogP contribution in [0.4, 0.5) is 5.69 Å². The van der Waals surface area contributed by atoms with Crippen LogP contribution in [0.15, 0.2) is 59.5 Å². The molecule has 2 aromatic rings. The highest BCUT2D eigenvalue weighted by Gasteiger charge is 2.54. The number of amides is 1. The number of non-ortho nitro benzene ring substituents is 1. The van der Waals surface area contributed by atoms with E-state index in [0.717, 1.165) is 16.7 Å². The third-order valence-corrected chi connectivity index (χ3v) is 6.59. The Morgan fingerprint density at radius 1 is 1.15 bits per heavy atom. The van der Waals surface area contributed by atoms with Crippen molar-refractivity contribution < 1.29 is 29.2 Å². The molecule has 1 heterocycles. The Morgan fingerprint density at radius 3 is 2.36 bits per heavy atom. The Bertz CT molecular complexity index is 1030. The van der Waals surface area contributed by atoms with Crippen LogP contribution in [0.5, 0.6) is 0 Å². The van der Waals surface area contributed by atoms with E-state index in [-0.39, 0.29) is 24.0 Å². The summed E-state index contributed by atoms with van der Waals surface area (Å²) >= 11 is 1.05. The number of likely N-dealkylation sites (tertiary alicyclic amines) is 1. The number of hydrogen-bond acceptors (Lipinski definition) is 8. The van der Waals surface area contributed by atoms with Gasteiger partial charge in [0.15, 0.2) is 5.12 Å². The Kier molecular flexibility index (Phi) is 7.83. The van der Waals surface area contributed by atoms with Gasteiger partial charge in [-0.2, -0.15) is 0 Å². The number of nitro groups is 1. The first-order chi connectivity index (χ1) is 15.7. The number of nitrogens with zero attached hydrogens (tertiary/aromatic N) is 2. The number of ether oxygens (including phenoxy) is 1. The van der Waals surface area contributed by atoms with Crippen LogP contribution in [0.2, 0.25) is 0 Å². The minimum Gasteiger partial charge on any atom is -0.459 e. The van der Waals surface area contributed by atoms with Gasteiger partial charge in [-0.25, -0.2) is 0 Å². The van der Waals surface area contributed by atoms with Gasteiger partial charge in [0.25, 0.3) is 5.69 Å². The van der Waals surface area contributed by atoms with Gasteiger partial charge >= 0.3 is 5.97 Å². The van der Waals surface area contributed by atoms with E-state index in [9.17, 15) is 29.6 Å². The summed E-state index contributed by atoms with van der Waals surface area (Å²) in [6.45, 7) is 2.70. The third-order valence-electron chi connectivity index (χ3n) is 5.51. The van der Waals surface area contributed by atoms with Crippen molar-refractivity contribution >= 4 is 34.4 Å². The second kappa shape index (κ2) is 10.6. The molecule has 0 radical (unpaired) electrons. The molecule has 3 rings (SSSR count). The maximum atomic E-state index is 12.8. The van der Waals surface area contributed by atoms with Crippen molar-refractivity contribution in [2.45, 2.75) is 37.5 Å². The van der Waals surface area contributed by atoms with E-state index >= 15 is 0 Å². The van der Waals surface area contributed by atoms with Gasteiger partial charge in [-0.3, -0.25) is 24.5 Å². The van der Waals surface area contributed by atoms with Crippen molar-refractivity contribution in [2.75, 3.05) is 6.54 Å². The van der Waals surface area contributed by atoms with E-state index in [1.165, 1.54) is 36.1 Å². The third kappa shape index (κ3) is 5.77. The SMILES string of the molecule is C[C@H](C(=O)Sc1ccccc1)[C@@H]1[C@@H]([C@@H](C)O)C(=O)N1CC(=O)OCc1ccc([N+](=O)[O-])cc1. The molecular formula is C23H24N2O7S. The van der Waals surface area contributed by atoms with Crippen molar-refractivity contribution in [2.24, 2.45) is 11.8 Å². The highest BCUT2D eigenvalue weighted by Crippen LogP contribution is 2.37. The molecule has 1 fully saturated rings. The minimum atomic E-state index is -0.966. The van der Waals surface area contributed by atoms with Gasteiger partial charge < -0.3 is 14.7 Å². The van der Waals surface area contributed by atoms with Crippen molar-refractivity contribution in [3.8, 4) is 0 Å². The van der Waals surface area contributed by atoms with E-state index in [1.807, 2.05) is 18.2 Å². The number of hydrogen-bond donors (Lipinski definition) is 1. The van der Waals surface area contributed by atoms with Crippen LogP contribution in [-0.2, 0) is 25.7 Å². The summed E-state index contributed by atoms with van der Waals surface area (Å²) in [4.78, 5) is 50.0. The molecular weight excluding hydrogens is 448 g/mol. The number of esters is 1. The number of carbonyl (C=O) groups is 3. The van der Waals surface area contributed by atoms with Crippen LogP contribution in [0, 0.1) is 22.0 Å². The number of aliphatic hydroxyl groups excluding tert-OH is 1. The average Bonchev–Trinajstić information content (AvgIpc) is 2.79.